The Hall–Kier alpha value is -1.80. The van der Waals surface area contributed by atoms with Crippen LogP contribution in [-0.2, 0) is 4.74 Å². The average molecular weight is 261 g/mol. The molecule has 18 heavy (non-hydrogen) atoms. The maximum atomic E-state index is 11.6. The van der Waals surface area contributed by atoms with Gasteiger partial charge in [-0.3, -0.25) is 0 Å². The number of benzene rings is 2. The van der Waals surface area contributed by atoms with Crippen LogP contribution in [0.2, 0.25) is 5.02 Å². The van der Waals surface area contributed by atoms with Gasteiger partial charge in [0.2, 0.25) is 0 Å². The molecule has 2 rings (SSSR count). The van der Waals surface area contributed by atoms with Crippen LogP contribution in [0.15, 0.2) is 48.5 Å². The van der Waals surface area contributed by atoms with Crippen molar-refractivity contribution in [3.63, 3.8) is 0 Å². The fourth-order valence-electron chi connectivity index (χ4n) is 1.71. The van der Waals surface area contributed by atoms with E-state index in [4.69, 9.17) is 16.3 Å². The number of esters is 1. The molecule has 0 aromatic heterocycles. The molecule has 0 aliphatic heterocycles. The van der Waals surface area contributed by atoms with E-state index in [1.807, 2.05) is 36.4 Å². The molecular formula is C15H13ClO2. The fraction of sp³-hybridized carbons (Fsp3) is 0.133. The number of ether oxygens (including phenoxy) is 1. The lowest BCUT2D eigenvalue weighted by molar-refractivity contribution is 0.0526. The van der Waals surface area contributed by atoms with Crippen molar-refractivity contribution in [1.82, 2.24) is 0 Å². The molecule has 0 unspecified atom stereocenters. The first-order valence-electron chi connectivity index (χ1n) is 5.74. The first kappa shape index (κ1) is 12.7. The summed E-state index contributed by atoms with van der Waals surface area (Å²) in [5.41, 5.74) is 2.41. The first-order chi connectivity index (χ1) is 8.72. The predicted octanol–water partition coefficient (Wildman–Crippen LogP) is 4.18. The van der Waals surface area contributed by atoms with E-state index in [9.17, 15) is 4.79 Å². The van der Waals surface area contributed by atoms with Crippen LogP contribution in [0.5, 0.6) is 0 Å². The zero-order valence-corrected chi connectivity index (χ0v) is 10.8. The standard InChI is InChI=1S/C15H13ClO2/c1-2-18-15(17)12-8-9-13(14(16)10-12)11-6-4-3-5-7-11/h3-10H,2H2,1H3. The second-order valence-electron chi connectivity index (χ2n) is 3.78. The summed E-state index contributed by atoms with van der Waals surface area (Å²) in [5, 5.41) is 0.548. The molecule has 0 aliphatic rings. The van der Waals surface area contributed by atoms with E-state index >= 15 is 0 Å². The summed E-state index contributed by atoms with van der Waals surface area (Å²) in [7, 11) is 0. The van der Waals surface area contributed by atoms with Gasteiger partial charge in [0.15, 0.2) is 0 Å². The fourth-order valence-corrected chi connectivity index (χ4v) is 2.00. The van der Waals surface area contributed by atoms with Crippen LogP contribution in [0, 0.1) is 0 Å². The Morgan fingerprint density at radius 3 is 2.50 bits per heavy atom. The third kappa shape index (κ3) is 2.71. The number of halogens is 1. The van der Waals surface area contributed by atoms with E-state index < -0.39 is 0 Å². The lowest BCUT2D eigenvalue weighted by Gasteiger charge is -2.07. The third-order valence-electron chi connectivity index (χ3n) is 2.57. The Kier molecular flexibility index (Phi) is 4.00. The molecule has 0 radical (unpaired) electrons. The molecule has 0 fully saturated rings. The number of carbonyl (C=O) groups is 1. The molecule has 0 aliphatic carbocycles. The van der Waals surface area contributed by atoms with Crippen molar-refractivity contribution in [2.45, 2.75) is 6.92 Å². The van der Waals surface area contributed by atoms with Crippen molar-refractivity contribution in [3.05, 3.63) is 59.1 Å². The van der Waals surface area contributed by atoms with Gasteiger partial charge in [-0.15, -0.1) is 0 Å². The van der Waals surface area contributed by atoms with E-state index in [2.05, 4.69) is 0 Å². The highest BCUT2D eigenvalue weighted by Crippen LogP contribution is 2.28. The van der Waals surface area contributed by atoms with Crippen LogP contribution >= 0.6 is 11.6 Å². The van der Waals surface area contributed by atoms with E-state index in [0.717, 1.165) is 11.1 Å². The minimum Gasteiger partial charge on any atom is -0.462 e. The molecule has 0 N–H and O–H groups in total. The average Bonchev–Trinajstić information content (AvgIpc) is 2.40. The van der Waals surface area contributed by atoms with Crippen molar-refractivity contribution in [3.8, 4) is 11.1 Å². The molecule has 0 saturated carbocycles. The van der Waals surface area contributed by atoms with Crippen LogP contribution in [0.1, 0.15) is 17.3 Å². The van der Waals surface area contributed by atoms with Crippen LogP contribution in [0.4, 0.5) is 0 Å². The smallest absolute Gasteiger partial charge is 0.338 e. The lowest BCUT2D eigenvalue weighted by atomic mass is 10.0. The van der Waals surface area contributed by atoms with Crippen molar-refractivity contribution < 1.29 is 9.53 Å². The van der Waals surface area contributed by atoms with Crippen molar-refractivity contribution in [2.75, 3.05) is 6.61 Å². The van der Waals surface area contributed by atoms with Crippen LogP contribution in [0.3, 0.4) is 0 Å². The van der Waals surface area contributed by atoms with Gasteiger partial charge in [0.25, 0.3) is 0 Å². The second kappa shape index (κ2) is 5.69. The molecule has 3 heteroatoms. The van der Waals surface area contributed by atoms with Crippen LogP contribution in [0.25, 0.3) is 11.1 Å². The van der Waals surface area contributed by atoms with Crippen molar-refractivity contribution >= 4 is 17.6 Å². The Morgan fingerprint density at radius 1 is 1.17 bits per heavy atom. The molecule has 0 atom stereocenters. The summed E-state index contributed by atoms with van der Waals surface area (Å²) in [4.78, 5) is 11.6. The highest BCUT2D eigenvalue weighted by Gasteiger charge is 2.10. The number of hydrogen-bond donors (Lipinski definition) is 0. The quantitative estimate of drug-likeness (QED) is 0.774. The van der Waals surface area contributed by atoms with E-state index in [0.29, 0.717) is 17.2 Å². The van der Waals surface area contributed by atoms with Crippen molar-refractivity contribution in [1.29, 1.82) is 0 Å². The predicted molar refractivity (Wildman–Crippen MR) is 72.8 cm³/mol. The minimum absolute atomic E-state index is 0.348. The number of hydrogen-bond acceptors (Lipinski definition) is 2. The van der Waals surface area contributed by atoms with Gasteiger partial charge in [-0.1, -0.05) is 48.0 Å². The molecule has 0 heterocycles. The lowest BCUT2D eigenvalue weighted by Crippen LogP contribution is -2.04. The van der Waals surface area contributed by atoms with Gasteiger partial charge >= 0.3 is 5.97 Å². The number of rotatable bonds is 3. The largest absolute Gasteiger partial charge is 0.462 e. The first-order valence-corrected chi connectivity index (χ1v) is 6.12. The molecule has 0 saturated heterocycles. The maximum Gasteiger partial charge on any atom is 0.338 e. The van der Waals surface area contributed by atoms with Gasteiger partial charge in [-0.25, -0.2) is 4.79 Å². The summed E-state index contributed by atoms with van der Waals surface area (Å²) in [5.74, 6) is -0.348. The topological polar surface area (TPSA) is 26.3 Å². The van der Waals surface area contributed by atoms with Gasteiger partial charge < -0.3 is 4.74 Å². The molecule has 0 bridgehead atoms. The third-order valence-corrected chi connectivity index (χ3v) is 2.88. The Balaban J connectivity index is 2.34. The summed E-state index contributed by atoms with van der Waals surface area (Å²) >= 11 is 6.20. The molecule has 2 aromatic rings. The summed E-state index contributed by atoms with van der Waals surface area (Å²) in [6, 6.07) is 15.0. The second-order valence-corrected chi connectivity index (χ2v) is 4.19. The van der Waals surface area contributed by atoms with Gasteiger partial charge in [0.1, 0.15) is 0 Å². The Morgan fingerprint density at radius 2 is 1.89 bits per heavy atom. The molecule has 92 valence electrons. The molecule has 0 amide bonds. The summed E-state index contributed by atoms with van der Waals surface area (Å²) in [6.07, 6.45) is 0. The summed E-state index contributed by atoms with van der Waals surface area (Å²) in [6.45, 7) is 2.13. The van der Waals surface area contributed by atoms with Crippen LogP contribution < -0.4 is 0 Å². The summed E-state index contributed by atoms with van der Waals surface area (Å²) < 4.78 is 4.93. The van der Waals surface area contributed by atoms with Crippen molar-refractivity contribution in [2.24, 2.45) is 0 Å². The van der Waals surface area contributed by atoms with E-state index in [1.54, 1.807) is 19.1 Å². The van der Waals surface area contributed by atoms with Gasteiger partial charge in [0.05, 0.1) is 12.2 Å². The van der Waals surface area contributed by atoms with E-state index in [1.165, 1.54) is 0 Å². The highest BCUT2D eigenvalue weighted by molar-refractivity contribution is 6.33. The normalized spacial score (nSPS) is 10.1. The maximum absolute atomic E-state index is 11.6. The molecule has 2 aromatic carbocycles. The van der Waals surface area contributed by atoms with Crippen LogP contribution in [-0.4, -0.2) is 12.6 Å². The van der Waals surface area contributed by atoms with Gasteiger partial charge in [-0.05, 0) is 24.6 Å². The zero-order valence-electron chi connectivity index (χ0n) is 10.0. The molecule has 0 spiro atoms. The highest BCUT2D eigenvalue weighted by atomic mass is 35.5. The van der Waals surface area contributed by atoms with Gasteiger partial charge in [-0.2, -0.15) is 0 Å². The monoisotopic (exact) mass is 260 g/mol. The van der Waals surface area contributed by atoms with E-state index in [-0.39, 0.29) is 5.97 Å². The molecule has 2 nitrogen and oxygen atoms in total. The Bertz CT molecular complexity index is 550. The Labute approximate surface area is 111 Å². The molecular weight excluding hydrogens is 248 g/mol. The van der Waals surface area contributed by atoms with Gasteiger partial charge in [0, 0.05) is 10.6 Å². The SMILES string of the molecule is CCOC(=O)c1ccc(-c2ccccc2)c(Cl)c1. The zero-order chi connectivity index (χ0) is 13.0. The minimum atomic E-state index is -0.348. The number of carbonyl (C=O) groups excluding carboxylic acids is 1.